The highest BCUT2D eigenvalue weighted by molar-refractivity contribution is 8.11. The molecule has 0 radical (unpaired) electrons. The fourth-order valence-electron chi connectivity index (χ4n) is 1.11. The average molecular weight is 193 g/mol. The Morgan fingerprint density at radius 2 is 2.23 bits per heavy atom. The van der Waals surface area contributed by atoms with Crippen molar-refractivity contribution in [1.29, 1.82) is 0 Å². The molecule has 0 spiro atoms. The summed E-state index contributed by atoms with van der Waals surface area (Å²) in [5, 5.41) is 10.4. The number of aromatic nitrogens is 3. The normalized spacial score (nSPS) is 10.5. The second kappa shape index (κ2) is 3.57. The lowest BCUT2D eigenvalue weighted by atomic mass is 10.2. The Kier molecular flexibility index (Phi) is 2.27. The van der Waals surface area contributed by atoms with Gasteiger partial charge in [0.25, 0.3) is 0 Å². The standard InChI is InChI=1S/C8H7N3OS/c12-5-13-4-6-1-2-7-8(3-6)10-11-9-7/h1-3,5H,4H2,(H,9,10,11). The van der Waals surface area contributed by atoms with E-state index in [9.17, 15) is 4.79 Å². The first kappa shape index (κ1) is 8.25. The zero-order valence-electron chi connectivity index (χ0n) is 6.73. The van der Waals surface area contributed by atoms with Crippen molar-refractivity contribution in [3.05, 3.63) is 23.8 Å². The first-order chi connectivity index (χ1) is 6.40. The SMILES string of the molecule is O=CSCc1ccc2n[nH]nc2c1. The van der Waals surface area contributed by atoms with E-state index in [4.69, 9.17) is 0 Å². The van der Waals surface area contributed by atoms with E-state index in [0.717, 1.165) is 22.2 Å². The molecule has 13 heavy (non-hydrogen) atoms. The van der Waals surface area contributed by atoms with Gasteiger partial charge in [0, 0.05) is 5.75 Å². The van der Waals surface area contributed by atoms with E-state index >= 15 is 0 Å². The van der Waals surface area contributed by atoms with Crippen LogP contribution in [0.2, 0.25) is 0 Å². The summed E-state index contributed by atoms with van der Waals surface area (Å²) in [6.07, 6.45) is 0. The monoisotopic (exact) mass is 193 g/mol. The zero-order valence-corrected chi connectivity index (χ0v) is 7.54. The second-order valence-corrected chi connectivity index (χ2v) is 3.37. The number of thioether (sulfide) groups is 1. The maximum Gasteiger partial charge on any atom is 0.176 e. The molecule has 2 aromatic rings. The van der Waals surface area contributed by atoms with Crippen LogP contribution in [0, 0.1) is 0 Å². The third-order valence-electron chi connectivity index (χ3n) is 1.70. The van der Waals surface area contributed by atoms with Crippen LogP contribution in [0.5, 0.6) is 0 Å². The maximum atomic E-state index is 10.1. The van der Waals surface area contributed by atoms with E-state index in [1.165, 1.54) is 11.8 Å². The summed E-state index contributed by atoms with van der Waals surface area (Å²) in [6, 6.07) is 5.76. The van der Waals surface area contributed by atoms with Gasteiger partial charge in [-0.3, -0.25) is 4.79 Å². The summed E-state index contributed by atoms with van der Waals surface area (Å²) in [7, 11) is 0. The lowest BCUT2D eigenvalue weighted by Gasteiger charge is -1.94. The summed E-state index contributed by atoms with van der Waals surface area (Å²) in [5.74, 6) is 0.687. The number of aromatic amines is 1. The third kappa shape index (κ3) is 1.70. The molecule has 66 valence electrons. The van der Waals surface area contributed by atoms with Crippen LogP contribution in [0.15, 0.2) is 18.2 Å². The Labute approximate surface area is 78.7 Å². The van der Waals surface area contributed by atoms with Crippen molar-refractivity contribution in [2.24, 2.45) is 0 Å². The predicted molar refractivity (Wildman–Crippen MR) is 51.9 cm³/mol. The van der Waals surface area contributed by atoms with Gasteiger partial charge >= 0.3 is 0 Å². The van der Waals surface area contributed by atoms with Crippen molar-refractivity contribution in [3.63, 3.8) is 0 Å². The van der Waals surface area contributed by atoms with Gasteiger partial charge < -0.3 is 0 Å². The second-order valence-electron chi connectivity index (χ2n) is 2.55. The topological polar surface area (TPSA) is 58.6 Å². The minimum atomic E-state index is 0.687. The molecule has 0 bridgehead atoms. The van der Waals surface area contributed by atoms with Gasteiger partial charge in [-0.05, 0) is 17.7 Å². The van der Waals surface area contributed by atoms with E-state index in [1.807, 2.05) is 18.2 Å². The Morgan fingerprint density at radius 1 is 1.38 bits per heavy atom. The molecule has 0 amide bonds. The summed E-state index contributed by atoms with van der Waals surface area (Å²) in [5.41, 5.74) is 3.61. The molecule has 0 unspecified atom stereocenters. The number of carbonyl (C=O) groups excluding carboxylic acids is 1. The number of benzene rings is 1. The predicted octanol–water partition coefficient (Wildman–Crippen LogP) is 1.38. The van der Waals surface area contributed by atoms with Crippen LogP contribution in [0.3, 0.4) is 0 Å². The van der Waals surface area contributed by atoms with E-state index in [0.29, 0.717) is 5.75 Å². The van der Waals surface area contributed by atoms with Crippen molar-refractivity contribution in [3.8, 4) is 0 Å². The molecular formula is C8H7N3OS. The van der Waals surface area contributed by atoms with E-state index in [2.05, 4.69) is 15.4 Å². The molecule has 0 aliphatic carbocycles. The summed E-state index contributed by atoms with van der Waals surface area (Å²) in [6.45, 7) is 0. The van der Waals surface area contributed by atoms with Crippen molar-refractivity contribution < 1.29 is 4.79 Å². The quantitative estimate of drug-likeness (QED) is 0.748. The number of fused-ring (bicyclic) bond motifs is 1. The molecule has 2 rings (SSSR count). The Bertz CT molecular complexity index is 426. The van der Waals surface area contributed by atoms with Crippen LogP contribution < -0.4 is 0 Å². The van der Waals surface area contributed by atoms with Gasteiger partial charge in [0.05, 0.1) is 0 Å². The minimum Gasteiger partial charge on any atom is -0.291 e. The number of hydrogen-bond donors (Lipinski definition) is 1. The molecule has 1 aromatic heterocycles. The molecule has 1 heterocycles. The molecule has 0 fully saturated rings. The Morgan fingerprint density at radius 3 is 3.08 bits per heavy atom. The fraction of sp³-hybridized carbons (Fsp3) is 0.125. The van der Waals surface area contributed by atoms with Crippen LogP contribution >= 0.6 is 11.8 Å². The van der Waals surface area contributed by atoms with Gasteiger partial charge in [-0.1, -0.05) is 17.8 Å². The largest absolute Gasteiger partial charge is 0.291 e. The summed E-state index contributed by atoms with van der Waals surface area (Å²) in [4.78, 5) is 10.1. The molecular weight excluding hydrogens is 186 g/mol. The lowest BCUT2D eigenvalue weighted by molar-refractivity contribution is 0.570. The van der Waals surface area contributed by atoms with Crippen LogP contribution in [0.25, 0.3) is 11.0 Å². The van der Waals surface area contributed by atoms with Crippen LogP contribution in [-0.4, -0.2) is 21.0 Å². The molecule has 1 aromatic carbocycles. The summed E-state index contributed by atoms with van der Waals surface area (Å²) < 4.78 is 0. The highest BCUT2D eigenvalue weighted by Crippen LogP contribution is 2.14. The average Bonchev–Trinajstić information content (AvgIpc) is 2.61. The van der Waals surface area contributed by atoms with Crippen LogP contribution in [-0.2, 0) is 10.5 Å². The van der Waals surface area contributed by atoms with Crippen LogP contribution in [0.1, 0.15) is 5.56 Å². The summed E-state index contributed by atoms with van der Waals surface area (Å²) >= 11 is 1.23. The highest BCUT2D eigenvalue weighted by atomic mass is 32.2. The van der Waals surface area contributed by atoms with Gasteiger partial charge in [-0.2, -0.15) is 15.4 Å². The van der Waals surface area contributed by atoms with E-state index < -0.39 is 0 Å². The zero-order chi connectivity index (χ0) is 9.10. The number of rotatable bonds is 3. The van der Waals surface area contributed by atoms with Gasteiger partial charge in [-0.15, -0.1) is 0 Å². The van der Waals surface area contributed by atoms with Gasteiger partial charge in [0.1, 0.15) is 11.0 Å². The molecule has 0 saturated heterocycles. The molecule has 5 heteroatoms. The number of carbonyl (C=O) groups is 1. The number of hydrogen-bond acceptors (Lipinski definition) is 4. The lowest BCUT2D eigenvalue weighted by Crippen LogP contribution is -1.80. The first-order valence-electron chi connectivity index (χ1n) is 3.75. The fourth-order valence-corrected chi connectivity index (χ4v) is 1.55. The third-order valence-corrected chi connectivity index (χ3v) is 2.33. The van der Waals surface area contributed by atoms with Crippen molar-refractivity contribution in [2.45, 2.75) is 5.75 Å². The Balaban J connectivity index is 2.31. The van der Waals surface area contributed by atoms with Crippen molar-refractivity contribution in [1.82, 2.24) is 15.4 Å². The molecule has 0 aliphatic heterocycles. The minimum absolute atomic E-state index is 0.687. The van der Waals surface area contributed by atoms with E-state index in [-0.39, 0.29) is 0 Å². The molecule has 0 saturated carbocycles. The first-order valence-corrected chi connectivity index (χ1v) is 4.79. The Hall–Kier alpha value is -1.36. The van der Waals surface area contributed by atoms with Gasteiger partial charge in [0.2, 0.25) is 0 Å². The molecule has 0 atom stereocenters. The van der Waals surface area contributed by atoms with Gasteiger partial charge in [-0.25, -0.2) is 0 Å². The number of H-pyrrole nitrogens is 1. The van der Waals surface area contributed by atoms with Crippen molar-refractivity contribution in [2.75, 3.05) is 0 Å². The molecule has 4 nitrogen and oxygen atoms in total. The highest BCUT2D eigenvalue weighted by Gasteiger charge is 1.99. The maximum absolute atomic E-state index is 10.1. The smallest absolute Gasteiger partial charge is 0.176 e. The van der Waals surface area contributed by atoms with Crippen LogP contribution in [0.4, 0.5) is 0 Å². The van der Waals surface area contributed by atoms with E-state index in [1.54, 1.807) is 0 Å². The molecule has 0 aliphatic rings. The molecule has 1 N–H and O–H groups in total. The van der Waals surface area contributed by atoms with Crippen molar-refractivity contribution >= 4 is 28.4 Å². The number of nitrogens with one attached hydrogen (secondary N) is 1. The number of nitrogens with zero attached hydrogens (tertiary/aromatic N) is 2. The van der Waals surface area contributed by atoms with Gasteiger partial charge in [0.15, 0.2) is 5.62 Å².